The molecule has 0 heterocycles. The van der Waals surface area contributed by atoms with E-state index < -0.39 is 0 Å². The molecule has 6 heteroatoms. The molecule has 1 aliphatic rings. The summed E-state index contributed by atoms with van der Waals surface area (Å²) in [4.78, 5) is 6.97. The molecule has 2 rings (SSSR count). The minimum Gasteiger partial charge on any atom is -0.357 e. The van der Waals surface area contributed by atoms with Crippen LogP contribution in [-0.4, -0.2) is 43.6 Å². The molecule has 1 fully saturated rings. The van der Waals surface area contributed by atoms with E-state index in [0.717, 1.165) is 37.2 Å². The Morgan fingerprint density at radius 1 is 1.29 bits per heavy atom. The van der Waals surface area contributed by atoms with Gasteiger partial charge in [0.15, 0.2) is 5.96 Å². The molecule has 0 radical (unpaired) electrons. The monoisotopic (exact) mass is 448 g/mol. The van der Waals surface area contributed by atoms with E-state index in [4.69, 9.17) is 0 Å². The molecule has 2 N–H and O–H groups in total. The van der Waals surface area contributed by atoms with E-state index in [1.54, 1.807) is 6.07 Å². The summed E-state index contributed by atoms with van der Waals surface area (Å²) < 4.78 is 13.2. The number of guanidine groups is 1. The fourth-order valence-corrected chi connectivity index (χ4v) is 3.03. The van der Waals surface area contributed by atoms with Crippen LogP contribution >= 0.6 is 24.0 Å². The molecule has 0 saturated heterocycles. The average Bonchev–Trinajstić information content (AvgIpc) is 3.07. The van der Waals surface area contributed by atoms with Crippen LogP contribution in [-0.2, 0) is 6.54 Å². The van der Waals surface area contributed by atoms with Gasteiger partial charge in [-0.25, -0.2) is 9.38 Å². The molecule has 0 atom stereocenters. The Bertz CT molecular complexity index is 504. The lowest BCUT2D eigenvalue weighted by atomic mass is 10.2. The fraction of sp³-hybridized carbons (Fsp3) is 0.611. The molecular formula is C18H30FIN4. The zero-order valence-electron chi connectivity index (χ0n) is 14.7. The third-order valence-corrected chi connectivity index (χ3v) is 4.36. The van der Waals surface area contributed by atoms with Crippen molar-refractivity contribution in [1.29, 1.82) is 0 Å². The third kappa shape index (κ3) is 7.34. The van der Waals surface area contributed by atoms with Crippen LogP contribution in [0.2, 0.25) is 0 Å². The highest BCUT2D eigenvalue weighted by molar-refractivity contribution is 14.0. The van der Waals surface area contributed by atoms with Gasteiger partial charge in [0.25, 0.3) is 0 Å². The van der Waals surface area contributed by atoms with Gasteiger partial charge in [0.1, 0.15) is 5.82 Å². The summed E-state index contributed by atoms with van der Waals surface area (Å²) in [6.45, 7) is 5.21. The third-order valence-electron chi connectivity index (χ3n) is 4.36. The first-order valence-corrected chi connectivity index (χ1v) is 8.66. The number of benzene rings is 1. The second-order valence-electron chi connectivity index (χ2n) is 6.17. The second-order valence-corrected chi connectivity index (χ2v) is 6.17. The van der Waals surface area contributed by atoms with Crippen molar-refractivity contribution in [3.8, 4) is 0 Å². The summed E-state index contributed by atoms with van der Waals surface area (Å²) in [7, 11) is 2.20. The maximum Gasteiger partial charge on any atom is 0.191 e. The van der Waals surface area contributed by atoms with Gasteiger partial charge >= 0.3 is 0 Å². The number of nitrogens with one attached hydrogen (secondary N) is 2. The standard InChI is InChI=1S/C18H29FN4.HI/c1-3-20-18(22-14-15-7-6-8-16(19)13-15)21-11-12-23(2)17-9-4-5-10-17;/h6-8,13,17H,3-5,9-12,14H2,1-2H3,(H2,20,21,22);1H. The highest BCUT2D eigenvalue weighted by Gasteiger charge is 2.18. The van der Waals surface area contributed by atoms with Gasteiger partial charge in [-0.1, -0.05) is 25.0 Å². The molecule has 0 amide bonds. The largest absolute Gasteiger partial charge is 0.357 e. The number of halogens is 2. The smallest absolute Gasteiger partial charge is 0.191 e. The lowest BCUT2D eigenvalue weighted by Gasteiger charge is -2.24. The van der Waals surface area contributed by atoms with E-state index in [9.17, 15) is 4.39 Å². The van der Waals surface area contributed by atoms with E-state index in [1.807, 2.05) is 13.0 Å². The summed E-state index contributed by atoms with van der Waals surface area (Å²) in [5.74, 6) is 0.574. The van der Waals surface area contributed by atoms with E-state index in [1.165, 1.54) is 37.8 Å². The van der Waals surface area contributed by atoms with Crippen molar-refractivity contribution < 1.29 is 4.39 Å². The van der Waals surface area contributed by atoms with Gasteiger partial charge in [0, 0.05) is 25.7 Å². The average molecular weight is 448 g/mol. The van der Waals surface area contributed by atoms with Crippen molar-refractivity contribution in [2.45, 2.75) is 45.2 Å². The van der Waals surface area contributed by atoms with Gasteiger partial charge in [-0.2, -0.15) is 0 Å². The number of likely N-dealkylation sites (N-methyl/N-ethyl adjacent to an activating group) is 1. The van der Waals surface area contributed by atoms with Crippen LogP contribution in [0.1, 0.15) is 38.2 Å². The molecule has 1 aromatic carbocycles. The molecule has 4 nitrogen and oxygen atoms in total. The predicted molar refractivity (Wildman–Crippen MR) is 110 cm³/mol. The summed E-state index contributed by atoms with van der Waals surface area (Å²) in [5, 5.41) is 6.60. The van der Waals surface area contributed by atoms with Crippen molar-refractivity contribution in [1.82, 2.24) is 15.5 Å². The Balaban J connectivity index is 0.00000288. The molecule has 136 valence electrons. The van der Waals surface area contributed by atoms with Gasteiger partial charge in [0.05, 0.1) is 6.54 Å². The molecule has 1 aliphatic carbocycles. The van der Waals surface area contributed by atoms with Crippen LogP contribution in [0.25, 0.3) is 0 Å². The SMILES string of the molecule is CCNC(=NCc1cccc(F)c1)NCCN(C)C1CCCC1.I. The Morgan fingerprint density at radius 2 is 2.04 bits per heavy atom. The minimum atomic E-state index is -0.214. The molecule has 0 aromatic heterocycles. The number of nitrogens with zero attached hydrogens (tertiary/aromatic N) is 2. The van der Waals surface area contributed by atoms with E-state index in [2.05, 4.69) is 27.6 Å². The van der Waals surface area contributed by atoms with Gasteiger partial charge < -0.3 is 15.5 Å². The van der Waals surface area contributed by atoms with Gasteiger partial charge in [-0.05, 0) is 44.5 Å². The molecular weight excluding hydrogens is 418 g/mol. The van der Waals surface area contributed by atoms with Crippen LogP contribution in [0.5, 0.6) is 0 Å². The van der Waals surface area contributed by atoms with E-state index in [0.29, 0.717) is 6.54 Å². The number of aliphatic imine (C=N–C) groups is 1. The van der Waals surface area contributed by atoms with E-state index in [-0.39, 0.29) is 29.8 Å². The molecule has 0 spiro atoms. The minimum absolute atomic E-state index is 0. The zero-order valence-corrected chi connectivity index (χ0v) is 17.1. The zero-order chi connectivity index (χ0) is 16.5. The van der Waals surface area contributed by atoms with Crippen LogP contribution in [0.15, 0.2) is 29.3 Å². The maximum absolute atomic E-state index is 13.2. The normalized spacial score (nSPS) is 15.4. The van der Waals surface area contributed by atoms with Crippen molar-refractivity contribution in [3.05, 3.63) is 35.6 Å². The molecule has 24 heavy (non-hydrogen) atoms. The molecule has 0 unspecified atom stereocenters. The first-order chi connectivity index (χ1) is 11.2. The number of hydrogen-bond acceptors (Lipinski definition) is 2. The Morgan fingerprint density at radius 3 is 2.71 bits per heavy atom. The van der Waals surface area contributed by atoms with Crippen molar-refractivity contribution in [2.75, 3.05) is 26.7 Å². The summed E-state index contributed by atoms with van der Waals surface area (Å²) in [6.07, 6.45) is 5.37. The molecule has 1 saturated carbocycles. The second kappa shape index (κ2) is 11.6. The maximum atomic E-state index is 13.2. The van der Waals surface area contributed by atoms with Gasteiger partial charge in [-0.15, -0.1) is 24.0 Å². The Labute approximate surface area is 162 Å². The van der Waals surface area contributed by atoms with Crippen LogP contribution < -0.4 is 10.6 Å². The Kier molecular flexibility index (Phi) is 10.2. The molecule has 0 aliphatic heterocycles. The predicted octanol–water partition coefficient (Wildman–Crippen LogP) is 3.37. The van der Waals surface area contributed by atoms with Crippen molar-refractivity contribution in [3.63, 3.8) is 0 Å². The lowest BCUT2D eigenvalue weighted by Crippen LogP contribution is -2.42. The number of rotatable bonds is 7. The van der Waals surface area contributed by atoms with Crippen LogP contribution in [0, 0.1) is 5.82 Å². The topological polar surface area (TPSA) is 39.7 Å². The fourth-order valence-electron chi connectivity index (χ4n) is 3.03. The number of hydrogen-bond donors (Lipinski definition) is 2. The van der Waals surface area contributed by atoms with Gasteiger partial charge in [-0.3, -0.25) is 0 Å². The highest BCUT2D eigenvalue weighted by atomic mass is 127. The molecule has 0 bridgehead atoms. The lowest BCUT2D eigenvalue weighted by molar-refractivity contribution is 0.249. The van der Waals surface area contributed by atoms with Crippen molar-refractivity contribution in [2.24, 2.45) is 4.99 Å². The van der Waals surface area contributed by atoms with Crippen LogP contribution in [0.4, 0.5) is 4.39 Å². The molecule has 1 aromatic rings. The van der Waals surface area contributed by atoms with Gasteiger partial charge in [0.2, 0.25) is 0 Å². The first kappa shape index (κ1) is 21.2. The van der Waals surface area contributed by atoms with Crippen molar-refractivity contribution >= 4 is 29.9 Å². The highest BCUT2D eigenvalue weighted by Crippen LogP contribution is 2.21. The quantitative estimate of drug-likeness (QED) is 0.382. The van der Waals surface area contributed by atoms with E-state index >= 15 is 0 Å². The first-order valence-electron chi connectivity index (χ1n) is 8.66. The van der Waals surface area contributed by atoms with Crippen LogP contribution in [0.3, 0.4) is 0 Å². The summed E-state index contributed by atoms with van der Waals surface area (Å²) >= 11 is 0. The summed E-state index contributed by atoms with van der Waals surface area (Å²) in [5.41, 5.74) is 0.880. The Hall–Kier alpha value is -0.890. The summed E-state index contributed by atoms with van der Waals surface area (Å²) in [6, 6.07) is 7.33.